The van der Waals surface area contributed by atoms with Gasteiger partial charge in [0.1, 0.15) is 5.75 Å². The molecule has 4 rings (SSSR count). The molecule has 1 spiro atoms. The molecule has 2 fully saturated rings. The highest BCUT2D eigenvalue weighted by atomic mass is 19.4. The molecule has 1 amide bonds. The van der Waals surface area contributed by atoms with E-state index in [9.17, 15) is 31.1 Å². The Morgan fingerprint density at radius 3 is 1.95 bits per heavy atom. The number of rotatable bonds is 5. The van der Waals surface area contributed by atoms with Gasteiger partial charge in [-0.05, 0) is 55.9 Å². The Labute approximate surface area is 229 Å². The van der Waals surface area contributed by atoms with Crippen LogP contribution < -0.4 is 4.74 Å². The fourth-order valence-electron chi connectivity index (χ4n) is 4.26. The molecule has 1 unspecified atom stereocenters. The zero-order valence-electron chi connectivity index (χ0n) is 21.4. The van der Waals surface area contributed by atoms with Crippen LogP contribution in [0.25, 0.3) is 0 Å². The summed E-state index contributed by atoms with van der Waals surface area (Å²) >= 11 is 0. The lowest BCUT2D eigenvalue weighted by Crippen LogP contribution is -2.49. The summed E-state index contributed by atoms with van der Waals surface area (Å²) in [6.45, 7) is 2.93. The average Bonchev–Trinajstić information content (AvgIpc) is 3.31. The van der Waals surface area contributed by atoms with Crippen LogP contribution in [0.1, 0.15) is 36.0 Å². The molecule has 0 aromatic carbocycles. The number of carboxylic acid groups (broad SMARTS) is 2. The minimum Gasteiger partial charge on any atom is -0.492 e. The van der Waals surface area contributed by atoms with Crippen molar-refractivity contribution in [2.24, 2.45) is 5.92 Å². The molecule has 41 heavy (non-hydrogen) atoms. The van der Waals surface area contributed by atoms with Crippen molar-refractivity contribution in [1.82, 2.24) is 14.9 Å². The van der Waals surface area contributed by atoms with Crippen molar-refractivity contribution < 1.29 is 60.4 Å². The summed E-state index contributed by atoms with van der Waals surface area (Å²) < 4.78 is 75.5. The average molecular weight is 595 g/mol. The predicted molar refractivity (Wildman–Crippen MR) is 128 cm³/mol. The molecule has 2 aliphatic heterocycles. The number of aliphatic carboxylic acids is 2. The van der Waals surface area contributed by atoms with Gasteiger partial charge in [0.25, 0.3) is 5.91 Å². The van der Waals surface area contributed by atoms with Crippen LogP contribution in [0.3, 0.4) is 0 Å². The minimum absolute atomic E-state index is 0.0624. The zero-order valence-corrected chi connectivity index (χ0v) is 21.4. The third-order valence-electron chi connectivity index (χ3n) is 6.26. The van der Waals surface area contributed by atoms with E-state index in [-0.39, 0.29) is 11.5 Å². The second kappa shape index (κ2) is 14.6. The summed E-state index contributed by atoms with van der Waals surface area (Å²) in [5.74, 6) is -4.17. The first-order valence-corrected chi connectivity index (χ1v) is 12.1. The molecule has 0 radical (unpaired) electrons. The summed E-state index contributed by atoms with van der Waals surface area (Å²) in [4.78, 5) is 40.5. The molecule has 2 saturated heterocycles. The number of nitrogens with zero attached hydrogens (tertiary/aromatic N) is 3. The lowest BCUT2D eigenvalue weighted by Gasteiger charge is -2.42. The maximum absolute atomic E-state index is 12.6. The zero-order chi connectivity index (χ0) is 30.7. The number of ether oxygens (including phenoxy) is 2. The van der Waals surface area contributed by atoms with Gasteiger partial charge in [0.15, 0.2) is 0 Å². The summed E-state index contributed by atoms with van der Waals surface area (Å²) in [6.07, 6.45) is 0.437. The van der Waals surface area contributed by atoms with Gasteiger partial charge < -0.3 is 24.6 Å². The number of carbonyl (C=O) groups excluding carboxylic acids is 1. The Morgan fingerprint density at radius 1 is 0.951 bits per heavy atom. The second-order valence-corrected chi connectivity index (χ2v) is 8.86. The minimum atomic E-state index is -5.08. The SMILES string of the molecule is O=C(O)C(F)(F)F.O=C(O)C(F)(F)F.O=C(c1cccnc1)N1CCC2(CC1)OCCC2CCOc1cccnc1. The van der Waals surface area contributed by atoms with Gasteiger partial charge in [0.05, 0.1) is 24.0 Å². The number of carboxylic acids is 2. The third kappa shape index (κ3) is 10.5. The molecule has 0 bridgehead atoms. The van der Waals surface area contributed by atoms with E-state index < -0.39 is 24.3 Å². The topological polar surface area (TPSA) is 139 Å². The Balaban J connectivity index is 0.000000349. The predicted octanol–water partition coefficient (Wildman–Crippen LogP) is 4.22. The molecule has 4 heterocycles. The van der Waals surface area contributed by atoms with Gasteiger partial charge in [-0.1, -0.05) is 0 Å². The lowest BCUT2D eigenvalue weighted by molar-refractivity contribution is -0.193. The fourth-order valence-corrected chi connectivity index (χ4v) is 4.26. The molecular formula is C25H27F6N3O7. The van der Waals surface area contributed by atoms with Crippen LogP contribution in [0.15, 0.2) is 49.1 Å². The Hall–Kier alpha value is -3.95. The van der Waals surface area contributed by atoms with Gasteiger partial charge in [0, 0.05) is 38.3 Å². The van der Waals surface area contributed by atoms with Crippen LogP contribution >= 0.6 is 0 Å². The maximum atomic E-state index is 12.6. The van der Waals surface area contributed by atoms with E-state index in [1.807, 2.05) is 23.1 Å². The molecule has 0 aliphatic carbocycles. The highest BCUT2D eigenvalue weighted by molar-refractivity contribution is 5.93. The van der Waals surface area contributed by atoms with Gasteiger partial charge in [-0.2, -0.15) is 26.3 Å². The van der Waals surface area contributed by atoms with Crippen molar-refractivity contribution in [3.8, 4) is 5.75 Å². The van der Waals surface area contributed by atoms with E-state index in [1.54, 1.807) is 30.9 Å². The lowest BCUT2D eigenvalue weighted by atomic mass is 9.78. The van der Waals surface area contributed by atoms with Crippen molar-refractivity contribution in [3.05, 3.63) is 54.6 Å². The smallest absolute Gasteiger partial charge is 0.490 e. The molecule has 16 heteroatoms. The number of hydrogen-bond acceptors (Lipinski definition) is 7. The first kappa shape index (κ1) is 33.3. The summed E-state index contributed by atoms with van der Waals surface area (Å²) in [5, 5.41) is 14.2. The molecule has 2 aliphatic rings. The summed E-state index contributed by atoms with van der Waals surface area (Å²) in [6, 6.07) is 7.43. The molecule has 2 aromatic rings. The fraction of sp³-hybridized carbons (Fsp3) is 0.480. The molecule has 10 nitrogen and oxygen atoms in total. The molecular weight excluding hydrogens is 568 g/mol. The van der Waals surface area contributed by atoms with Gasteiger partial charge in [-0.25, -0.2) is 9.59 Å². The van der Waals surface area contributed by atoms with Crippen LogP contribution in [0, 0.1) is 5.92 Å². The maximum Gasteiger partial charge on any atom is 0.490 e. The molecule has 226 valence electrons. The van der Waals surface area contributed by atoms with E-state index in [0.717, 1.165) is 51.1 Å². The van der Waals surface area contributed by atoms with Gasteiger partial charge >= 0.3 is 24.3 Å². The Morgan fingerprint density at radius 2 is 1.49 bits per heavy atom. The van der Waals surface area contributed by atoms with Crippen LogP contribution in [0.5, 0.6) is 5.75 Å². The van der Waals surface area contributed by atoms with Crippen LogP contribution in [-0.4, -0.2) is 87.2 Å². The molecule has 0 saturated carbocycles. The number of amides is 1. The van der Waals surface area contributed by atoms with Crippen molar-refractivity contribution in [2.75, 3.05) is 26.3 Å². The number of halogens is 6. The molecule has 1 atom stereocenters. The van der Waals surface area contributed by atoms with Crippen molar-refractivity contribution in [1.29, 1.82) is 0 Å². The number of piperidine rings is 1. The number of aromatic nitrogens is 2. The Bertz CT molecular complexity index is 1100. The quantitative estimate of drug-likeness (QED) is 0.487. The van der Waals surface area contributed by atoms with Crippen molar-refractivity contribution in [3.63, 3.8) is 0 Å². The van der Waals surface area contributed by atoms with Crippen LogP contribution in [0.4, 0.5) is 26.3 Å². The van der Waals surface area contributed by atoms with E-state index in [0.29, 0.717) is 18.1 Å². The van der Waals surface area contributed by atoms with Gasteiger partial charge in [-0.15, -0.1) is 0 Å². The second-order valence-electron chi connectivity index (χ2n) is 8.86. The monoisotopic (exact) mass is 595 g/mol. The third-order valence-corrected chi connectivity index (χ3v) is 6.26. The first-order chi connectivity index (χ1) is 19.2. The van der Waals surface area contributed by atoms with Crippen LogP contribution in [-0.2, 0) is 14.3 Å². The summed E-state index contributed by atoms with van der Waals surface area (Å²) in [5.41, 5.74) is 0.548. The van der Waals surface area contributed by atoms with Gasteiger partial charge in [-0.3, -0.25) is 14.8 Å². The van der Waals surface area contributed by atoms with Crippen LogP contribution in [0.2, 0.25) is 0 Å². The number of likely N-dealkylation sites (tertiary alicyclic amines) is 1. The van der Waals surface area contributed by atoms with E-state index in [1.165, 1.54) is 0 Å². The number of hydrogen-bond donors (Lipinski definition) is 2. The van der Waals surface area contributed by atoms with E-state index >= 15 is 0 Å². The highest BCUT2D eigenvalue weighted by Crippen LogP contribution is 2.42. The first-order valence-electron chi connectivity index (χ1n) is 12.1. The molecule has 2 aromatic heterocycles. The largest absolute Gasteiger partial charge is 0.492 e. The van der Waals surface area contributed by atoms with E-state index in [2.05, 4.69) is 9.97 Å². The summed E-state index contributed by atoms with van der Waals surface area (Å²) in [7, 11) is 0. The van der Waals surface area contributed by atoms with E-state index in [4.69, 9.17) is 29.3 Å². The normalized spacial score (nSPS) is 17.9. The van der Waals surface area contributed by atoms with Gasteiger partial charge in [0.2, 0.25) is 0 Å². The number of pyridine rings is 2. The number of alkyl halides is 6. The van der Waals surface area contributed by atoms with Crippen molar-refractivity contribution >= 4 is 17.8 Å². The highest BCUT2D eigenvalue weighted by Gasteiger charge is 2.46. The number of carbonyl (C=O) groups is 3. The standard InChI is InChI=1S/C21H25N3O3.2C2HF3O2/c25-20(17-3-1-9-22-15-17)24-11-7-21(8-12-24)18(6-14-27-21)5-13-26-19-4-2-10-23-16-19;2*3-2(4,5)1(6)7/h1-4,9-10,15-16,18H,5-8,11-14H2;2*(H,6,7). The van der Waals surface area contributed by atoms with Crippen molar-refractivity contribution in [2.45, 2.75) is 43.6 Å². The Kier molecular flexibility index (Phi) is 11.9. The molecule has 2 N–H and O–H groups in total.